The zero-order valence-corrected chi connectivity index (χ0v) is 14.1. The van der Waals surface area contributed by atoms with Crippen LogP contribution in [0, 0.1) is 0 Å². The van der Waals surface area contributed by atoms with Gasteiger partial charge in [0, 0.05) is 17.8 Å². The molecule has 128 valence electrons. The second-order valence-corrected chi connectivity index (χ2v) is 5.59. The summed E-state index contributed by atoms with van der Waals surface area (Å²) in [5, 5.41) is 2.88. The molecule has 1 saturated heterocycles. The normalized spacial score (nSPS) is 16.2. The van der Waals surface area contributed by atoms with E-state index in [1.165, 1.54) is 0 Å². The number of carbonyl (C=O) groups is 1. The molecule has 0 aliphatic carbocycles. The van der Waals surface area contributed by atoms with Crippen molar-refractivity contribution in [2.75, 3.05) is 24.3 Å². The van der Waals surface area contributed by atoms with Crippen LogP contribution in [-0.4, -0.2) is 25.2 Å². The Morgan fingerprint density at radius 3 is 2.50 bits per heavy atom. The van der Waals surface area contributed by atoms with Gasteiger partial charge in [-0.25, -0.2) is 0 Å². The third kappa shape index (κ3) is 5.15. The number of benzene rings is 2. The van der Waals surface area contributed by atoms with Gasteiger partial charge in [-0.1, -0.05) is 12.1 Å². The molecule has 1 amide bonds. The van der Waals surface area contributed by atoms with E-state index in [9.17, 15) is 4.79 Å². The zero-order valence-electron chi connectivity index (χ0n) is 13.2. The van der Waals surface area contributed by atoms with Gasteiger partial charge < -0.3 is 20.5 Å². The van der Waals surface area contributed by atoms with E-state index in [2.05, 4.69) is 5.32 Å². The lowest BCUT2D eigenvalue weighted by Gasteiger charge is -2.12. The van der Waals surface area contributed by atoms with Crippen LogP contribution in [0.1, 0.15) is 12.0 Å². The molecule has 3 N–H and O–H groups in total. The zero-order chi connectivity index (χ0) is 16.1. The van der Waals surface area contributed by atoms with Crippen LogP contribution < -0.4 is 15.8 Å². The Bertz CT molecular complexity index is 653. The van der Waals surface area contributed by atoms with Crippen LogP contribution in [0.5, 0.6) is 5.75 Å². The maximum absolute atomic E-state index is 12.0. The summed E-state index contributed by atoms with van der Waals surface area (Å²) in [4.78, 5) is 12.0. The maximum Gasteiger partial charge on any atom is 0.228 e. The Morgan fingerprint density at radius 1 is 1.17 bits per heavy atom. The highest BCUT2D eigenvalue weighted by Gasteiger charge is 2.16. The molecule has 1 aliphatic heterocycles. The van der Waals surface area contributed by atoms with E-state index in [1.807, 2.05) is 36.4 Å². The van der Waals surface area contributed by atoms with Gasteiger partial charge in [0.2, 0.25) is 5.91 Å². The molecule has 1 aliphatic rings. The van der Waals surface area contributed by atoms with Crippen LogP contribution in [0.4, 0.5) is 11.4 Å². The number of rotatable bonds is 5. The first-order chi connectivity index (χ1) is 11.2. The summed E-state index contributed by atoms with van der Waals surface area (Å²) in [6.07, 6.45) is 1.36. The minimum Gasteiger partial charge on any atom is -0.488 e. The van der Waals surface area contributed by atoms with Crippen molar-refractivity contribution in [3.8, 4) is 5.75 Å². The van der Waals surface area contributed by atoms with E-state index < -0.39 is 0 Å². The standard InChI is InChI=1S/C18H20N2O3.ClH/c19-14-3-1-13(2-4-14)11-18(21)20-15-5-7-16(8-6-15)23-17-9-10-22-12-17;/h1-8,17H,9-12,19H2,(H,20,21);1H. The highest BCUT2D eigenvalue weighted by Crippen LogP contribution is 2.20. The highest BCUT2D eigenvalue weighted by atomic mass is 35.5. The van der Waals surface area contributed by atoms with Crippen molar-refractivity contribution in [2.24, 2.45) is 0 Å². The predicted octanol–water partition coefficient (Wildman–Crippen LogP) is 3.04. The molecule has 0 radical (unpaired) electrons. The number of nitrogen functional groups attached to an aromatic ring is 1. The SMILES string of the molecule is Cl.Nc1ccc(CC(=O)Nc2ccc(OC3CCOC3)cc2)cc1. The molecule has 0 aromatic heterocycles. The second kappa shape index (κ2) is 8.57. The molecule has 1 atom stereocenters. The van der Waals surface area contributed by atoms with Gasteiger partial charge in [0.1, 0.15) is 11.9 Å². The molecule has 3 rings (SSSR count). The van der Waals surface area contributed by atoms with Crippen molar-refractivity contribution < 1.29 is 14.3 Å². The second-order valence-electron chi connectivity index (χ2n) is 5.59. The van der Waals surface area contributed by atoms with Gasteiger partial charge in [-0.3, -0.25) is 4.79 Å². The number of hydrogen-bond donors (Lipinski definition) is 2. The van der Waals surface area contributed by atoms with Crippen LogP contribution in [0.15, 0.2) is 48.5 Å². The van der Waals surface area contributed by atoms with Gasteiger partial charge in [-0.05, 0) is 42.0 Å². The topological polar surface area (TPSA) is 73.6 Å². The van der Waals surface area contributed by atoms with E-state index in [0.717, 1.165) is 30.0 Å². The van der Waals surface area contributed by atoms with E-state index in [1.54, 1.807) is 12.1 Å². The minimum atomic E-state index is -0.0624. The van der Waals surface area contributed by atoms with Crippen LogP contribution in [0.25, 0.3) is 0 Å². The summed E-state index contributed by atoms with van der Waals surface area (Å²) in [7, 11) is 0. The van der Waals surface area contributed by atoms with Crippen molar-refractivity contribution in [3.63, 3.8) is 0 Å². The van der Waals surface area contributed by atoms with E-state index >= 15 is 0 Å². The van der Waals surface area contributed by atoms with Crippen molar-refractivity contribution in [1.82, 2.24) is 0 Å². The fourth-order valence-electron chi connectivity index (χ4n) is 2.44. The van der Waals surface area contributed by atoms with Crippen LogP contribution in [-0.2, 0) is 16.0 Å². The molecular weight excluding hydrogens is 328 g/mol. The van der Waals surface area contributed by atoms with Gasteiger partial charge in [0.15, 0.2) is 0 Å². The molecular formula is C18H21ClN2O3. The molecule has 1 unspecified atom stereocenters. The molecule has 6 heteroatoms. The first kappa shape index (κ1) is 18.1. The molecule has 0 spiro atoms. The monoisotopic (exact) mass is 348 g/mol. The lowest BCUT2D eigenvalue weighted by atomic mass is 10.1. The van der Waals surface area contributed by atoms with Gasteiger partial charge in [0.05, 0.1) is 19.6 Å². The Kier molecular flexibility index (Phi) is 6.46. The molecule has 24 heavy (non-hydrogen) atoms. The Hall–Kier alpha value is -2.24. The molecule has 0 bridgehead atoms. The smallest absolute Gasteiger partial charge is 0.228 e. The van der Waals surface area contributed by atoms with Crippen LogP contribution in [0.2, 0.25) is 0 Å². The molecule has 2 aromatic rings. The third-order valence-electron chi connectivity index (χ3n) is 3.67. The van der Waals surface area contributed by atoms with E-state index in [0.29, 0.717) is 18.7 Å². The molecule has 2 aromatic carbocycles. The first-order valence-corrected chi connectivity index (χ1v) is 7.68. The Morgan fingerprint density at radius 2 is 1.88 bits per heavy atom. The fourth-order valence-corrected chi connectivity index (χ4v) is 2.44. The maximum atomic E-state index is 12.0. The number of carbonyl (C=O) groups excluding carboxylic acids is 1. The number of nitrogens with two attached hydrogens (primary N) is 1. The minimum absolute atomic E-state index is 0. The summed E-state index contributed by atoms with van der Waals surface area (Å²) in [6, 6.07) is 14.7. The number of anilines is 2. The largest absolute Gasteiger partial charge is 0.488 e. The number of halogens is 1. The fraction of sp³-hybridized carbons (Fsp3) is 0.278. The third-order valence-corrected chi connectivity index (χ3v) is 3.67. The summed E-state index contributed by atoms with van der Waals surface area (Å²) in [6.45, 7) is 1.39. The lowest BCUT2D eigenvalue weighted by Crippen LogP contribution is -2.16. The van der Waals surface area contributed by atoms with Gasteiger partial charge in [0.25, 0.3) is 0 Å². The summed E-state index contributed by atoms with van der Waals surface area (Å²) >= 11 is 0. The first-order valence-electron chi connectivity index (χ1n) is 7.68. The predicted molar refractivity (Wildman–Crippen MR) is 96.7 cm³/mol. The van der Waals surface area contributed by atoms with Crippen molar-refractivity contribution >= 4 is 29.7 Å². The van der Waals surface area contributed by atoms with Gasteiger partial charge >= 0.3 is 0 Å². The molecule has 1 heterocycles. The summed E-state index contributed by atoms with van der Waals surface area (Å²) < 4.78 is 11.1. The van der Waals surface area contributed by atoms with Gasteiger partial charge in [-0.15, -0.1) is 12.4 Å². The average molecular weight is 349 g/mol. The molecule has 1 fully saturated rings. The quantitative estimate of drug-likeness (QED) is 0.814. The number of amides is 1. The van der Waals surface area contributed by atoms with Crippen LogP contribution in [0.3, 0.4) is 0 Å². The van der Waals surface area contributed by atoms with Crippen LogP contribution >= 0.6 is 12.4 Å². The Labute approximate surface area is 147 Å². The number of nitrogens with one attached hydrogen (secondary N) is 1. The lowest BCUT2D eigenvalue weighted by molar-refractivity contribution is -0.115. The summed E-state index contributed by atoms with van der Waals surface area (Å²) in [5.41, 5.74) is 8.00. The average Bonchev–Trinajstić information content (AvgIpc) is 3.04. The van der Waals surface area contributed by atoms with E-state index in [-0.39, 0.29) is 24.4 Å². The number of ether oxygens (including phenoxy) is 2. The molecule has 0 saturated carbocycles. The van der Waals surface area contributed by atoms with E-state index in [4.69, 9.17) is 15.2 Å². The molecule has 5 nitrogen and oxygen atoms in total. The number of hydrogen-bond acceptors (Lipinski definition) is 4. The van der Waals surface area contributed by atoms with Crippen molar-refractivity contribution in [1.29, 1.82) is 0 Å². The summed E-state index contributed by atoms with van der Waals surface area (Å²) in [5.74, 6) is 0.727. The highest BCUT2D eigenvalue weighted by molar-refractivity contribution is 5.92. The van der Waals surface area contributed by atoms with Crippen molar-refractivity contribution in [2.45, 2.75) is 18.9 Å². The van der Waals surface area contributed by atoms with Gasteiger partial charge in [-0.2, -0.15) is 0 Å². The Balaban J connectivity index is 0.00000208. The van der Waals surface area contributed by atoms with Crippen molar-refractivity contribution in [3.05, 3.63) is 54.1 Å².